The van der Waals surface area contributed by atoms with Crippen molar-refractivity contribution in [1.82, 2.24) is 0 Å². The molecule has 1 N–H and O–H groups in total. The van der Waals surface area contributed by atoms with Crippen molar-refractivity contribution in [3.05, 3.63) is 28.8 Å². The van der Waals surface area contributed by atoms with E-state index in [1.807, 2.05) is 27.7 Å². The molecule has 1 aliphatic rings. The highest BCUT2D eigenvalue weighted by Gasteiger charge is 2.33. The molecular weight excluding hydrogens is 328 g/mol. The topological polar surface area (TPSA) is 53.2 Å². The van der Waals surface area contributed by atoms with Crippen molar-refractivity contribution < 1.29 is 18.3 Å². The Labute approximate surface area is 144 Å². The van der Waals surface area contributed by atoms with E-state index in [2.05, 4.69) is 0 Å². The molecule has 1 aliphatic carbocycles. The van der Waals surface area contributed by atoms with Crippen LogP contribution in [0.5, 0.6) is 5.75 Å². The Morgan fingerprint density at radius 1 is 1.38 bits per heavy atom. The average molecular weight is 351 g/mol. The molecule has 6 heteroatoms. The first-order valence-corrected chi connectivity index (χ1v) is 9.11. The van der Waals surface area contributed by atoms with Gasteiger partial charge in [0.15, 0.2) is 0 Å². The quantitative estimate of drug-likeness (QED) is 0.756. The van der Waals surface area contributed by atoms with Crippen LogP contribution in [-0.4, -0.2) is 21.0 Å². The van der Waals surface area contributed by atoms with E-state index in [1.54, 1.807) is 6.07 Å². The molecule has 0 amide bonds. The van der Waals surface area contributed by atoms with Crippen LogP contribution in [0.15, 0.2) is 6.07 Å². The summed E-state index contributed by atoms with van der Waals surface area (Å²) >= 11 is 0. The Kier molecular flexibility index (Phi) is 5.66. The maximum atomic E-state index is 14.3. The molecular formula is C18H23F2NO2Si. The molecule has 3 nitrogen and oxygen atoms in total. The lowest BCUT2D eigenvalue weighted by Gasteiger charge is -2.28. The first kappa shape index (κ1) is 18.9. The van der Waals surface area contributed by atoms with Crippen molar-refractivity contribution in [2.24, 2.45) is 11.8 Å². The molecule has 1 unspecified atom stereocenters. The number of aliphatic hydroxyl groups excluding tert-OH is 1. The van der Waals surface area contributed by atoms with E-state index in [4.69, 9.17) is 4.43 Å². The van der Waals surface area contributed by atoms with Crippen LogP contribution in [-0.2, 0) is 6.42 Å². The second-order valence-electron chi connectivity index (χ2n) is 7.32. The molecule has 24 heavy (non-hydrogen) atoms. The number of hydrogen-bond donors (Lipinski definition) is 1. The molecule has 1 saturated carbocycles. The normalized spacial score (nSPS) is 16.1. The van der Waals surface area contributed by atoms with Gasteiger partial charge in [0.1, 0.15) is 29.0 Å². The minimum atomic E-state index is -0.929. The highest BCUT2D eigenvalue weighted by Crippen LogP contribution is 2.39. The van der Waals surface area contributed by atoms with Gasteiger partial charge in [0, 0.05) is 18.1 Å². The number of nitrogens with zero attached hydrogens (tertiary/aromatic N) is 1. The summed E-state index contributed by atoms with van der Waals surface area (Å²) in [6.07, 6.45) is 1.16. The summed E-state index contributed by atoms with van der Waals surface area (Å²) in [5.74, 6) is -1.29. The van der Waals surface area contributed by atoms with E-state index >= 15 is 0 Å². The van der Waals surface area contributed by atoms with Gasteiger partial charge in [-0.3, -0.25) is 0 Å². The molecule has 1 fully saturated rings. The molecule has 2 rings (SSSR count). The predicted molar refractivity (Wildman–Crippen MR) is 88.8 cm³/mol. The van der Waals surface area contributed by atoms with Gasteiger partial charge in [-0.1, -0.05) is 27.7 Å². The summed E-state index contributed by atoms with van der Waals surface area (Å²) in [5, 5.41) is 19.2. The number of benzene rings is 1. The number of hydrogen-bond acceptors (Lipinski definition) is 3. The van der Waals surface area contributed by atoms with Gasteiger partial charge >= 0.3 is 9.76 Å². The van der Waals surface area contributed by atoms with E-state index in [1.165, 1.54) is 0 Å². The minimum Gasteiger partial charge on any atom is -0.539 e. The number of halogens is 2. The SMILES string of the molecule is CC(C)C(C)(C)[Si]Oc1c(C#N)c(F)cc(F)c1CC(O)C1CC1. The van der Waals surface area contributed by atoms with Gasteiger partial charge in [-0.2, -0.15) is 5.26 Å². The molecule has 0 aliphatic heterocycles. The fourth-order valence-corrected chi connectivity index (χ4v) is 3.03. The van der Waals surface area contributed by atoms with Gasteiger partial charge in [0.25, 0.3) is 0 Å². The van der Waals surface area contributed by atoms with Gasteiger partial charge in [0.2, 0.25) is 0 Å². The maximum absolute atomic E-state index is 14.3. The summed E-state index contributed by atoms with van der Waals surface area (Å²) in [7, 11) is -0.0541. The van der Waals surface area contributed by atoms with Crippen molar-refractivity contribution in [3.8, 4) is 11.8 Å². The summed E-state index contributed by atoms with van der Waals surface area (Å²) in [5.41, 5.74) is -0.194. The van der Waals surface area contributed by atoms with Crippen molar-refractivity contribution in [1.29, 1.82) is 5.26 Å². The lowest BCUT2D eigenvalue weighted by Crippen LogP contribution is -2.25. The van der Waals surface area contributed by atoms with Crippen LogP contribution in [0.4, 0.5) is 8.78 Å². The van der Waals surface area contributed by atoms with Gasteiger partial charge in [0.05, 0.1) is 6.10 Å². The fraction of sp³-hybridized carbons (Fsp3) is 0.611. The molecule has 1 aromatic rings. The van der Waals surface area contributed by atoms with Gasteiger partial charge in [-0.05, 0) is 29.7 Å². The van der Waals surface area contributed by atoms with Crippen molar-refractivity contribution in [2.45, 2.75) is 58.1 Å². The molecule has 1 aromatic carbocycles. The number of nitriles is 1. The number of rotatable bonds is 7. The molecule has 0 saturated heterocycles. The zero-order chi connectivity index (χ0) is 18.1. The Hall–Kier alpha value is -1.45. The van der Waals surface area contributed by atoms with Crippen LogP contribution in [0, 0.1) is 34.8 Å². The second-order valence-corrected chi connectivity index (χ2v) is 9.02. The van der Waals surface area contributed by atoms with Gasteiger partial charge in [-0.25, -0.2) is 8.78 Å². The summed E-state index contributed by atoms with van der Waals surface area (Å²) < 4.78 is 34.1. The first-order chi connectivity index (χ1) is 11.2. The van der Waals surface area contributed by atoms with Crippen LogP contribution >= 0.6 is 0 Å². The summed E-state index contributed by atoms with van der Waals surface area (Å²) in [6, 6.07) is 2.48. The largest absolute Gasteiger partial charge is 0.539 e. The maximum Gasteiger partial charge on any atom is 0.317 e. The zero-order valence-corrected chi connectivity index (χ0v) is 15.5. The van der Waals surface area contributed by atoms with Crippen molar-refractivity contribution >= 4 is 9.76 Å². The highest BCUT2D eigenvalue weighted by molar-refractivity contribution is 6.33. The van der Waals surface area contributed by atoms with E-state index in [0.717, 1.165) is 12.8 Å². The minimum absolute atomic E-state index is 0.0351. The average Bonchev–Trinajstić information content (AvgIpc) is 3.32. The third kappa shape index (κ3) is 4.14. The third-order valence-corrected chi connectivity index (χ3v) is 6.24. The summed E-state index contributed by atoms with van der Waals surface area (Å²) in [4.78, 5) is 0. The predicted octanol–water partition coefficient (Wildman–Crippen LogP) is 4.00. The molecule has 2 radical (unpaired) electrons. The van der Waals surface area contributed by atoms with Crippen LogP contribution in [0.25, 0.3) is 0 Å². The third-order valence-electron chi connectivity index (χ3n) is 4.83. The molecule has 0 bridgehead atoms. The highest BCUT2D eigenvalue weighted by atomic mass is 28.2. The standard InChI is InChI=1S/C18H23F2NO2Si/c1-10(2)18(3,4)24-23-17-12(7-16(22)11-5-6-11)14(19)8-15(20)13(17)9-21/h8,10-11,16,22H,5-7H2,1-4H3. The van der Waals surface area contributed by atoms with Crippen LogP contribution in [0.1, 0.15) is 51.7 Å². The Balaban J connectivity index is 2.36. The van der Waals surface area contributed by atoms with Crippen LogP contribution in [0.3, 0.4) is 0 Å². The van der Waals surface area contributed by atoms with Crippen LogP contribution in [0.2, 0.25) is 5.04 Å². The smallest absolute Gasteiger partial charge is 0.317 e. The molecule has 1 atom stereocenters. The Morgan fingerprint density at radius 2 is 2.00 bits per heavy atom. The van der Waals surface area contributed by atoms with Gasteiger partial charge in [-0.15, -0.1) is 0 Å². The zero-order valence-electron chi connectivity index (χ0n) is 14.5. The van der Waals surface area contributed by atoms with E-state index in [0.29, 0.717) is 12.0 Å². The Bertz CT molecular complexity index is 651. The first-order valence-electron chi connectivity index (χ1n) is 8.20. The van der Waals surface area contributed by atoms with Crippen molar-refractivity contribution in [2.75, 3.05) is 0 Å². The Morgan fingerprint density at radius 3 is 2.50 bits per heavy atom. The molecule has 0 spiro atoms. The summed E-state index contributed by atoms with van der Waals surface area (Å²) in [6.45, 7) is 8.12. The van der Waals surface area contributed by atoms with E-state index in [-0.39, 0.29) is 44.0 Å². The van der Waals surface area contributed by atoms with E-state index < -0.39 is 17.7 Å². The van der Waals surface area contributed by atoms with Gasteiger partial charge < -0.3 is 9.53 Å². The van der Waals surface area contributed by atoms with Crippen LogP contribution < -0.4 is 4.43 Å². The second kappa shape index (κ2) is 7.20. The molecule has 0 aromatic heterocycles. The molecule has 0 heterocycles. The lowest BCUT2D eigenvalue weighted by atomic mass is 9.99. The lowest BCUT2D eigenvalue weighted by molar-refractivity contribution is 0.150. The monoisotopic (exact) mass is 351 g/mol. The number of aliphatic hydroxyl groups is 1. The van der Waals surface area contributed by atoms with Crippen molar-refractivity contribution in [3.63, 3.8) is 0 Å². The van der Waals surface area contributed by atoms with E-state index in [9.17, 15) is 19.1 Å². The molecule has 130 valence electrons. The fourth-order valence-electron chi connectivity index (χ4n) is 2.20.